The lowest BCUT2D eigenvalue weighted by Crippen LogP contribution is -2.09. The monoisotopic (exact) mass is 696 g/mol. The minimum atomic E-state index is -3.90. The summed E-state index contributed by atoms with van der Waals surface area (Å²) in [6.45, 7) is 4.25. The molecule has 256 valence electrons. The van der Waals surface area contributed by atoms with E-state index in [1.54, 1.807) is 24.3 Å². The van der Waals surface area contributed by atoms with Gasteiger partial charge in [-0.05, 0) is 109 Å². The van der Waals surface area contributed by atoms with Crippen LogP contribution in [0.4, 0.5) is 0 Å². The standard InChI is InChI=1S/C42H36N2O6S/c1-3-5-29-7-25-39(43-27-29)31-9-13-33(14-10-31)41(45)49-35-17-21-37(22-18-35)51(47,48)38-23-19-36(20-24-38)50-42(46)34-15-11-32(12-16-34)40-26-8-30(6-4-2)28-44-40/h7-28H,3-6H2,1-2H3. The molecule has 6 rings (SSSR count). The third-order valence-electron chi connectivity index (χ3n) is 8.25. The maximum absolute atomic E-state index is 13.3. The van der Waals surface area contributed by atoms with Crippen molar-refractivity contribution in [1.82, 2.24) is 9.97 Å². The average molecular weight is 697 g/mol. The van der Waals surface area contributed by atoms with Crippen molar-refractivity contribution in [3.8, 4) is 34.0 Å². The molecule has 2 heterocycles. The molecule has 4 aromatic carbocycles. The second-order valence-electron chi connectivity index (χ2n) is 12.0. The summed E-state index contributed by atoms with van der Waals surface area (Å²) in [4.78, 5) is 34.6. The Balaban J connectivity index is 1.04. The van der Waals surface area contributed by atoms with E-state index >= 15 is 0 Å². The quantitative estimate of drug-likeness (QED) is 0.0921. The van der Waals surface area contributed by atoms with Crippen LogP contribution in [0.2, 0.25) is 0 Å². The molecule has 2 aromatic heterocycles. The highest BCUT2D eigenvalue weighted by Gasteiger charge is 2.19. The van der Waals surface area contributed by atoms with Crippen LogP contribution in [0.5, 0.6) is 11.5 Å². The van der Waals surface area contributed by atoms with E-state index in [1.165, 1.54) is 59.7 Å². The highest BCUT2D eigenvalue weighted by atomic mass is 32.2. The summed E-state index contributed by atoms with van der Waals surface area (Å²) >= 11 is 0. The maximum Gasteiger partial charge on any atom is 0.343 e. The first kappa shape index (κ1) is 34.9. The molecule has 6 aromatic rings. The molecule has 51 heavy (non-hydrogen) atoms. The third-order valence-corrected chi connectivity index (χ3v) is 10.0. The number of nitrogens with zero attached hydrogens (tertiary/aromatic N) is 2. The highest BCUT2D eigenvalue weighted by molar-refractivity contribution is 7.91. The number of sulfone groups is 1. The Morgan fingerprint density at radius 1 is 0.510 bits per heavy atom. The van der Waals surface area contributed by atoms with Crippen molar-refractivity contribution < 1.29 is 27.5 Å². The van der Waals surface area contributed by atoms with E-state index in [-0.39, 0.29) is 21.3 Å². The Hall–Kier alpha value is -5.93. The lowest BCUT2D eigenvalue weighted by molar-refractivity contribution is 0.0725. The fourth-order valence-corrected chi connectivity index (χ4v) is 6.72. The Morgan fingerprint density at radius 3 is 1.20 bits per heavy atom. The Kier molecular flexibility index (Phi) is 10.8. The Labute approximate surface area is 297 Å². The molecule has 0 atom stereocenters. The van der Waals surface area contributed by atoms with Gasteiger partial charge in [0.2, 0.25) is 9.84 Å². The van der Waals surface area contributed by atoms with Gasteiger partial charge in [-0.15, -0.1) is 0 Å². The zero-order chi connectivity index (χ0) is 35.8. The molecule has 0 amide bonds. The van der Waals surface area contributed by atoms with Crippen LogP contribution in [0.25, 0.3) is 22.5 Å². The largest absolute Gasteiger partial charge is 0.423 e. The van der Waals surface area contributed by atoms with Gasteiger partial charge in [0.15, 0.2) is 0 Å². The summed E-state index contributed by atoms with van der Waals surface area (Å²) < 4.78 is 37.6. The van der Waals surface area contributed by atoms with Crippen molar-refractivity contribution >= 4 is 21.8 Å². The number of rotatable bonds is 12. The second kappa shape index (κ2) is 15.7. The minimum Gasteiger partial charge on any atom is -0.423 e. The second-order valence-corrected chi connectivity index (χ2v) is 13.9. The molecule has 0 unspecified atom stereocenters. The topological polar surface area (TPSA) is 113 Å². The van der Waals surface area contributed by atoms with E-state index in [0.29, 0.717) is 11.1 Å². The van der Waals surface area contributed by atoms with Crippen LogP contribution < -0.4 is 9.47 Å². The number of esters is 2. The van der Waals surface area contributed by atoms with Crippen LogP contribution in [0, 0.1) is 0 Å². The van der Waals surface area contributed by atoms with Gasteiger partial charge in [-0.1, -0.05) is 63.1 Å². The zero-order valence-corrected chi connectivity index (χ0v) is 29.1. The summed E-state index contributed by atoms with van der Waals surface area (Å²) in [7, 11) is -3.90. The van der Waals surface area contributed by atoms with Gasteiger partial charge in [0.25, 0.3) is 0 Å². The van der Waals surface area contributed by atoms with Gasteiger partial charge in [0, 0.05) is 23.5 Å². The first-order chi connectivity index (χ1) is 24.7. The van der Waals surface area contributed by atoms with Gasteiger partial charge < -0.3 is 9.47 Å². The third kappa shape index (κ3) is 8.45. The lowest BCUT2D eigenvalue weighted by Gasteiger charge is -2.09. The first-order valence-corrected chi connectivity index (χ1v) is 18.2. The van der Waals surface area contributed by atoms with Crippen molar-refractivity contribution in [2.24, 2.45) is 0 Å². The van der Waals surface area contributed by atoms with Gasteiger partial charge in [-0.3, -0.25) is 9.97 Å². The van der Waals surface area contributed by atoms with Crippen LogP contribution in [-0.2, 0) is 22.7 Å². The molecule has 0 N–H and O–H groups in total. The number of ether oxygens (including phenoxy) is 2. The van der Waals surface area contributed by atoms with E-state index in [2.05, 4.69) is 35.9 Å². The Bertz CT molecular complexity index is 2060. The molecule has 0 saturated heterocycles. The van der Waals surface area contributed by atoms with Gasteiger partial charge in [0.1, 0.15) is 11.5 Å². The van der Waals surface area contributed by atoms with E-state index in [0.717, 1.165) is 48.2 Å². The van der Waals surface area contributed by atoms with E-state index in [4.69, 9.17) is 9.47 Å². The number of benzene rings is 4. The molecule has 0 spiro atoms. The molecule has 0 aliphatic rings. The first-order valence-electron chi connectivity index (χ1n) is 16.7. The summed E-state index contributed by atoms with van der Waals surface area (Å²) in [5, 5.41) is 0. The molecule has 0 fully saturated rings. The van der Waals surface area contributed by atoms with Crippen LogP contribution in [0.15, 0.2) is 144 Å². The lowest BCUT2D eigenvalue weighted by atomic mass is 10.1. The number of hydrogen-bond donors (Lipinski definition) is 0. The maximum atomic E-state index is 13.3. The molecule has 0 aliphatic carbocycles. The molecule has 0 aliphatic heterocycles. The molecular formula is C42H36N2O6S. The molecule has 8 nitrogen and oxygen atoms in total. The van der Waals surface area contributed by atoms with Crippen LogP contribution >= 0.6 is 0 Å². The smallest absolute Gasteiger partial charge is 0.343 e. The summed E-state index contributed by atoms with van der Waals surface area (Å²) in [6, 6.07) is 33.2. The summed E-state index contributed by atoms with van der Waals surface area (Å²) in [6.07, 6.45) is 7.78. The van der Waals surface area contributed by atoms with Gasteiger partial charge in [-0.25, -0.2) is 18.0 Å². The fraction of sp³-hybridized carbons (Fsp3) is 0.143. The normalized spacial score (nSPS) is 11.2. The van der Waals surface area contributed by atoms with Crippen molar-refractivity contribution in [3.63, 3.8) is 0 Å². The van der Waals surface area contributed by atoms with Crippen LogP contribution in [0.3, 0.4) is 0 Å². The van der Waals surface area contributed by atoms with Crippen molar-refractivity contribution in [2.75, 3.05) is 0 Å². The zero-order valence-electron chi connectivity index (χ0n) is 28.3. The number of aromatic nitrogens is 2. The summed E-state index contributed by atoms with van der Waals surface area (Å²) in [5.74, 6) is -0.738. The van der Waals surface area contributed by atoms with Gasteiger partial charge >= 0.3 is 11.9 Å². The van der Waals surface area contributed by atoms with Crippen molar-refractivity contribution in [1.29, 1.82) is 0 Å². The molecule has 0 radical (unpaired) electrons. The predicted molar refractivity (Wildman–Crippen MR) is 196 cm³/mol. The van der Waals surface area contributed by atoms with Gasteiger partial charge in [-0.2, -0.15) is 0 Å². The number of carbonyl (C=O) groups excluding carboxylic acids is 2. The van der Waals surface area contributed by atoms with Crippen molar-refractivity contribution in [2.45, 2.75) is 49.3 Å². The number of pyridine rings is 2. The predicted octanol–water partition coefficient (Wildman–Crippen LogP) is 8.99. The number of carbonyl (C=O) groups is 2. The minimum absolute atomic E-state index is 0.0171. The number of aryl methyl sites for hydroxylation is 2. The van der Waals surface area contributed by atoms with E-state index in [1.807, 2.05) is 48.8 Å². The van der Waals surface area contributed by atoms with Crippen LogP contribution in [0.1, 0.15) is 58.5 Å². The molecular weight excluding hydrogens is 661 g/mol. The molecule has 0 bridgehead atoms. The average Bonchev–Trinajstić information content (AvgIpc) is 3.16. The number of hydrogen-bond acceptors (Lipinski definition) is 8. The van der Waals surface area contributed by atoms with Crippen molar-refractivity contribution in [3.05, 3.63) is 156 Å². The van der Waals surface area contributed by atoms with E-state index < -0.39 is 21.8 Å². The fourth-order valence-electron chi connectivity index (χ4n) is 5.46. The molecule has 0 saturated carbocycles. The van der Waals surface area contributed by atoms with Gasteiger partial charge in [0.05, 0.1) is 32.3 Å². The van der Waals surface area contributed by atoms with E-state index in [9.17, 15) is 18.0 Å². The van der Waals surface area contributed by atoms with Crippen LogP contribution in [-0.4, -0.2) is 30.3 Å². The summed E-state index contributed by atoms with van der Waals surface area (Å²) in [5.41, 5.74) is 6.43. The molecule has 9 heteroatoms. The Morgan fingerprint density at radius 2 is 0.882 bits per heavy atom. The SMILES string of the molecule is CCCc1ccc(-c2ccc(C(=O)Oc3ccc(S(=O)(=O)c4ccc(OC(=O)c5ccc(-c6ccc(CCC)cn6)cc5)cc4)cc3)cc2)nc1. The highest BCUT2D eigenvalue weighted by Crippen LogP contribution is 2.27.